The van der Waals surface area contributed by atoms with Crippen LogP contribution < -0.4 is 11.5 Å². The highest BCUT2D eigenvalue weighted by Crippen LogP contribution is 2.43. The van der Waals surface area contributed by atoms with E-state index in [0.717, 1.165) is 43.0 Å². The first-order valence-corrected chi connectivity index (χ1v) is 14.5. The van der Waals surface area contributed by atoms with Gasteiger partial charge in [0.25, 0.3) is 10.3 Å². The quantitative estimate of drug-likeness (QED) is 0.352. The Hall–Kier alpha value is -2.28. The summed E-state index contributed by atoms with van der Waals surface area (Å²) in [5.74, 6) is 2.48. The number of hydrogen-bond acceptors (Lipinski definition) is 6. The van der Waals surface area contributed by atoms with Gasteiger partial charge in [-0.25, -0.2) is 13.4 Å². The van der Waals surface area contributed by atoms with Crippen molar-refractivity contribution >= 4 is 44.6 Å². The lowest BCUT2D eigenvalue weighted by molar-refractivity contribution is 0.322. The van der Waals surface area contributed by atoms with Crippen LogP contribution in [-0.4, -0.2) is 45.7 Å². The van der Waals surface area contributed by atoms with E-state index in [-0.39, 0.29) is 12.9 Å². The largest absolute Gasteiger partial charge is 0.487 e. The Labute approximate surface area is 230 Å². The zero-order valence-corrected chi connectivity index (χ0v) is 22.9. The van der Waals surface area contributed by atoms with Gasteiger partial charge in [-0.3, -0.25) is 0 Å². The molecule has 2 fully saturated rings. The molecule has 0 unspecified atom stereocenters. The fourth-order valence-electron chi connectivity index (χ4n) is 4.69. The molecule has 1 aromatic heterocycles. The summed E-state index contributed by atoms with van der Waals surface area (Å²) < 4.78 is 31.1. The number of nitrogens with zero attached hydrogens (tertiary/aromatic N) is 1. The van der Waals surface area contributed by atoms with Gasteiger partial charge in [0.05, 0.1) is 4.90 Å². The first-order valence-electron chi connectivity index (χ1n) is 11.8. The molecule has 0 atom stereocenters. The standard InChI is InChI=1S/C22H29NO3S.2CH3NOS.CH4.H2O/c1-27(24,25)19-15-9-8-14-18(19)20-21(16-10-4-2-5-11-16)26-22(23-20)17-12-6-3-7-13-17;2*2-1(3)4;;/h8-9,14-17H,2-7,10-13H2,1H3;2*(H3,2,3,4);1H4;1H2. The molecule has 2 aliphatic rings. The van der Waals surface area contributed by atoms with Crippen molar-refractivity contribution < 1.29 is 28.5 Å². The van der Waals surface area contributed by atoms with Gasteiger partial charge in [0.2, 0.25) is 0 Å². The monoisotopic (exact) mass is 575 g/mol. The van der Waals surface area contributed by atoms with E-state index in [1.54, 1.807) is 12.1 Å². The van der Waals surface area contributed by atoms with Gasteiger partial charge in [-0.15, -0.1) is 0 Å². The summed E-state index contributed by atoms with van der Waals surface area (Å²) >= 11 is 7.74. The molecule has 0 spiro atoms. The maximum atomic E-state index is 12.4. The number of sulfone groups is 1. The summed E-state index contributed by atoms with van der Waals surface area (Å²) in [4.78, 5) is 5.27. The van der Waals surface area contributed by atoms with Gasteiger partial charge < -0.3 is 31.6 Å². The van der Waals surface area contributed by atoms with Crippen LogP contribution in [0.5, 0.6) is 0 Å². The van der Waals surface area contributed by atoms with Gasteiger partial charge in [-0.05, 0) is 56.2 Å². The number of nitrogens with two attached hydrogens (primary N) is 2. The highest BCUT2D eigenvalue weighted by atomic mass is 32.2. The fraction of sp³-hybridized carbons (Fsp3) is 0.560. The van der Waals surface area contributed by atoms with Crippen molar-refractivity contribution in [2.24, 2.45) is 11.5 Å². The number of aliphatic hydroxyl groups excluding tert-OH is 2. The first kappa shape index (κ1) is 34.7. The van der Waals surface area contributed by atoms with Crippen LogP contribution in [0.15, 0.2) is 33.6 Å². The molecule has 2 aromatic rings. The second-order valence-electron chi connectivity index (χ2n) is 8.88. The van der Waals surface area contributed by atoms with Crippen LogP contribution in [0.4, 0.5) is 0 Å². The van der Waals surface area contributed by atoms with Gasteiger partial charge in [0, 0.05) is 23.7 Å². The summed E-state index contributed by atoms with van der Waals surface area (Å²) in [6, 6.07) is 7.24. The van der Waals surface area contributed by atoms with Crippen LogP contribution in [0.25, 0.3) is 11.3 Å². The molecular formula is C25H41N3O6S3. The predicted molar refractivity (Wildman–Crippen MR) is 156 cm³/mol. The summed E-state index contributed by atoms with van der Waals surface area (Å²) in [6.45, 7) is 0. The molecule has 8 N–H and O–H groups in total. The van der Waals surface area contributed by atoms with Gasteiger partial charge in [0.1, 0.15) is 11.5 Å². The van der Waals surface area contributed by atoms with Crippen LogP contribution in [-0.2, 0) is 9.84 Å². The molecule has 4 rings (SSSR count). The van der Waals surface area contributed by atoms with Crippen LogP contribution in [0.2, 0.25) is 0 Å². The molecule has 12 heteroatoms. The molecule has 0 radical (unpaired) electrons. The molecule has 0 amide bonds. The number of thiocarbonyl (C=S) groups is 2. The fourth-order valence-corrected chi connectivity index (χ4v) is 5.58. The zero-order chi connectivity index (χ0) is 26.0. The molecule has 37 heavy (non-hydrogen) atoms. The average molecular weight is 576 g/mol. The maximum absolute atomic E-state index is 12.4. The molecular weight excluding hydrogens is 534 g/mol. The lowest BCUT2D eigenvalue weighted by atomic mass is 9.86. The Morgan fingerprint density at radius 3 is 1.81 bits per heavy atom. The van der Waals surface area contributed by atoms with Crippen molar-refractivity contribution in [3.63, 3.8) is 0 Å². The minimum Gasteiger partial charge on any atom is -0.487 e. The smallest absolute Gasteiger partial charge is 0.251 e. The number of aliphatic hydroxyl groups is 2. The summed E-state index contributed by atoms with van der Waals surface area (Å²) in [6.07, 6.45) is 13.1. The SMILES string of the molecule is C.CS(=O)(=O)c1ccccc1-c1nc(C2CCCCC2)oc1C1CCCCC1.NC(O)=S.NC(O)=S.O. The van der Waals surface area contributed by atoms with Gasteiger partial charge in [-0.1, -0.05) is 64.2 Å². The Kier molecular flexibility index (Phi) is 15.5. The third-order valence-electron chi connectivity index (χ3n) is 6.14. The molecule has 2 saturated carbocycles. The van der Waals surface area contributed by atoms with E-state index in [9.17, 15) is 8.42 Å². The number of hydrogen-bond donors (Lipinski definition) is 4. The van der Waals surface area contributed by atoms with E-state index >= 15 is 0 Å². The van der Waals surface area contributed by atoms with Gasteiger partial charge in [-0.2, -0.15) is 0 Å². The molecule has 9 nitrogen and oxygen atoms in total. The minimum atomic E-state index is -3.33. The van der Waals surface area contributed by atoms with E-state index in [4.69, 9.17) is 19.6 Å². The summed E-state index contributed by atoms with van der Waals surface area (Å²) in [7, 11) is -3.33. The number of aromatic nitrogens is 1. The van der Waals surface area contributed by atoms with Crippen molar-refractivity contribution in [3.8, 4) is 11.3 Å². The van der Waals surface area contributed by atoms with E-state index in [2.05, 4.69) is 35.9 Å². The second kappa shape index (κ2) is 16.5. The summed E-state index contributed by atoms with van der Waals surface area (Å²) in [5.41, 5.74) is 10.3. The van der Waals surface area contributed by atoms with E-state index < -0.39 is 20.2 Å². The maximum Gasteiger partial charge on any atom is 0.251 e. The molecule has 1 heterocycles. The molecule has 0 bridgehead atoms. The third-order valence-corrected chi connectivity index (χ3v) is 7.30. The van der Waals surface area contributed by atoms with E-state index in [1.165, 1.54) is 44.8 Å². The predicted octanol–water partition coefficient (Wildman–Crippen LogP) is 5.23. The topological polar surface area (TPSA) is 184 Å². The van der Waals surface area contributed by atoms with Crippen molar-refractivity contribution in [1.29, 1.82) is 0 Å². The minimum absolute atomic E-state index is 0. The molecule has 0 saturated heterocycles. The Morgan fingerprint density at radius 1 is 0.919 bits per heavy atom. The average Bonchev–Trinajstić information content (AvgIpc) is 3.24. The van der Waals surface area contributed by atoms with E-state index in [1.807, 2.05) is 12.1 Å². The molecule has 0 aliphatic heterocycles. The van der Waals surface area contributed by atoms with Gasteiger partial charge >= 0.3 is 0 Å². The van der Waals surface area contributed by atoms with Crippen molar-refractivity contribution in [2.75, 3.05) is 6.26 Å². The Morgan fingerprint density at radius 2 is 1.35 bits per heavy atom. The first-order chi connectivity index (χ1) is 16.5. The van der Waals surface area contributed by atoms with Crippen molar-refractivity contribution in [2.45, 2.75) is 88.4 Å². The molecule has 1 aromatic carbocycles. The van der Waals surface area contributed by atoms with Crippen molar-refractivity contribution in [3.05, 3.63) is 35.9 Å². The Bertz CT molecular complexity index is 1070. The molecule has 2 aliphatic carbocycles. The number of benzene rings is 1. The summed E-state index contributed by atoms with van der Waals surface area (Å²) in [5, 5.41) is 14.1. The normalized spacial score (nSPS) is 15.9. The van der Waals surface area contributed by atoms with Crippen molar-refractivity contribution in [1.82, 2.24) is 4.98 Å². The second-order valence-corrected chi connectivity index (χ2v) is 11.7. The molecule has 210 valence electrons. The zero-order valence-electron chi connectivity index (χ0n) is 20.5. The highest BCUT2D eigenvalue weighted by Gasteiger charge is 2.30. The number of rotatable bonds is 4. The van der Waals surface area contributed by atoms with Crippen LogP contribution >= 0.6 is 24.4 Å². The van der Waals surface area contributed by atoms with Crippen LogP contribution in [0.3, 0.4) is 0 Å². The van der Waals surface area contributed by atoms with Gasteiger partial charge in [0.15, 0.2) is 15.7 Å². The van der Waals surface area contributed by atoms with E-state index in [0.29, 0.717) is 22.3 Å². The highest BCUT2D eigenvalue weighted by molar-refractivity contribution is 7.90. The lowest BCUT2D eigenvalue weighted by Crippen LogP contribution is -2.06. The van der Waals surface area contributed by atoms with Crippen LogP contribution in [0.1, 0.15) is 95.1 Å². The lowest BCUT2D eigenvalue weighted by Gasteiger charge is -2.21. The Balaban J connectivity index is 0.00000115. The number of oxazole rings is 1. The van der Waals surface area contributed by atoms with Crippen LogP contribution in [0, 0.1) is 0 Å². The third kappa shape index (κ3) is 11.3.